The van der Waals surface area contributed by atoms with Crippen molar-refractivity contribution in [3.05, 3.63) is 22.4 Å². The average molecular weight is 298 g/mol. The molecule has 2 amide bonds. The van der Waals surface area contributed by atoms with E-state index in [0.717, 1.165) is 6.42 Å². The van der Waals surface area contributed by atoms with Crippen molar-refractivity contribution in [1.82, 2.24) is 10.6 Å². The predicted molar refractivity (Wildman–Crippen MR) is 80.1 cm³/mol. The average Bonchev–Trinajstić information content (AvgIpc) is 2.78. The minimum atomic E-state index is -0.855. The zero-order valence-corrected chi connectivity index (χ0v) is 12.9. The summed E-state index contributed by atoms with van der Waals surface area (Å²) in [6.45, 7) is 5.59. The lowest BCUT2D eigenvalue weighted by molar-refractivity contribution is -0.137. The van der Waals surface area contributed by atoms with Crippen molar-refractivity contribution in [2.45, 2.75) is 51.6 Å². The molecule has 3 N–H and O–H groups in total. The molecule has 0 saturated carbocycles. The molecule has 1 aromatic heterocycles. The highest BCUT2D eigenvalue weighted by Crippen LogP contribution is 2.12. The molecule has 0 bridgehead atoms. The van der Waals surface area contributed by atoms with E-state index in [1.54, 1.807) is 11.3 Å². The van der Waals surface area contributed by atoms with Crippen LogP contribution in [0.1, 0.15) is 38.5 Å². The van der Waals surface area contributed by atoms with Crippen molar-refractivity contribution in [3.63, 3.8) is 0 Å². The molecule has 1 aromatic rings. The number of amides is 2. The van der Waals surface area contributed by atoms with E-state index in [1.165, 1.54) is 4.88 Å². The number of carbonyl (C=O) groups excluding carboxylic acids is 1. The Labute approximate surface area is 123 Å². The molecule has 0 aliphatic heterocycles. The number of carboxylic acids is 1. The van der Waals surface area contributed by atoms with Crippen LogP contribution in [0, 0.1) is 0 Å². The Balaban J connectivity index is 2.36. The SMILES string of the molecule is CC(Cc1cccs1)NC(=O)NC(C)(C)CCC(=O)O. The quantitative estimate of drug-likeness (QED) is 0.724. The second kappa shape index (κ2) is 7.28. The molecule has 0 fully saturated rings. The molecule has 0 spiro atoms. The molecule has 0 aliphatic carbocycles. The van der Waals surface area contributed by atoms with Crippen molar-refractivity contribution >= 4 is 23.3 Å². The fourth-order valence-electron chi connectivity index (χ4n) is 1.83. The second-order valence-corrected chi connectivity index (χ2v) is 6.59. The summed E-state index contributed by atoms with van der Waals surface area (Å²) in [6.07, 6.45) is 1.23. The molecule has 0 saturated heterocycles. The first-order valence-electron chi connectivity index (χ1n) is 6.61. The van der Waals surface area contributed by atoms with Crippen LogP contribution in [0.5, 0.6) is 0 Å². The van der Waals surface area contributed by atoms with E-state index in [1.807, 2.05) is 38.3 Å². The third kappa shape index (κ3) is 6.56. The summed E-state index contributed by atoms with van der Waals surface area (Å²) in [5.74, 6) is -0.855. The van der Waals surface area contributed by atoms with Gasteiger partial charge in [-0.15, -0.1) is 11.3 Å². The molecule has 1 atom stereocenters. The van der Waals surface area contributed by atoms with Gasteiger partial charge in [-0.3, -0.25) is 4.79 Å². The highest BCUT2D eigenvalue weighted by Gasteiger charge is 2.22. The Morgan fingerprint density at radius 1 is 1.45 bits per heavy atom. The number of nitrogens with one attached hydrogen (secondary N) is 2. The van der Waals surface area contributed by atoms with Gasteiger partial charge in [0.2, 0.25) is 0 Å². The smallest absolute Gasteiger partial charge is 0.315 e. The maximum Gasteiger partial charge on any atom is 0.315 e. The summed E-state index contributed by atoms with van der Waals surface area (Å²) >= 11 is 1.67. The van der Waals surface area contributed by atoms with Crippen molar-refractivity contribution in [2.24, 2.45) is 0 Å². The van der Waals surface area contributed by atoms with Crippen LogP contribution in [0.4, 0.5) is 4.79 Å². The van der Waals surface area contributed by atoms with Crippen LogP contribution in [-0.4, -0.2) is 28.7 Å². The van der Waals surface area contributed by atoms with Crippen molar-refractivity contribution < 1.29 is 14.7 Å². The van der Waals surface area contributed by atoms with Crippen LogP contribution in [-0.2, 0) is 11.2 Å². The van der Waals surface area contributed by atoms with Crippen LogP contribution in [0.25, 0.3) is 0 Å². The molecule has 0 aliphatic rings. The van der Waals surface area contributed by atoms with Gasteiger partial charge >= 0.3 is 12.0 Å². The fraction of sp³-hybridized carbons (Fsp3) is 0.571. The van der Waals surface area contributed by atoms with Crippen LogP contribution >= 0.6 is 11.3 Å². The van der Waals surface area contributed by atoms with E-state index in [-0.39, 0.29) is 18.5 Å². The number of aliphatic carboxylic acids is 1. The Morgan fingerprint density at radius 3 is 2.70 bits per heavy atom. The van der Waals surface area contributed by atoms with Crippen LogP contribution in [0.2, 0.25) is 0 Å². The number of rotatable bonds is 7. The Morgan fingerprint density at radius 2 is 2.15 bits per heavy atom. The molecule has 112 valence electrons. The number of carbonyl (C=O) groups is 2. The fourth-order valence-corrected chi connectivity index (χ4v) is 2.67. The van der Waals surface area contributed by atoms with E-state index < -0.39 is 11.5 Å². The molecule has 0 radical (unpaired) electrons. The van der Waals surface area contributed by atoms with E-state index >= 15 is 0 Å². The summed E-state index contributed by atoms with van der Waals surface area (Å²) in [4.78, 5) is 23.7. The minimum absolute atomic E-state index is 0.0314. The first-order chi connectivity index (χ1) is 9.28. The van der Waals surface area contributed by atoms with Gasteiger partial charge in [-0.1, -0.05) is 6.07 Å². The predicted octanol–water partition coefficient (Wildman–Crippen LogP) is 2.62. The summed E-state index contributed by atoms with van der Waals surface area (Å²) in [5.41, 5.74) is -0.537. The minimum Gasteiger partial charge on any atom is -0.481 e. The molecular formula is C14H22N2O3S. The van der Waals surface area contributed by atoms with Gasteiger partial charge in [0.25, 0.3) is 0 Å². The molecule has 20 heavy (non-hydrogen) atoms. The summed E-state index contributed by atoms with van der Waals surface area (Å²) < 4.78 is 0. The van der Waals surface area contributed by atoms with Gasteiger partial charge in [-0.05, 0) is 38.6 Å². The van der Waals surface area contributed by atoms with Gasteiger partial charge in [-0.25, -0.2) is 4.79 Å². The van der Waals surface area contributed by atoms with E-state index in [0.29, 0.717) is 6.42 Å². The molecule has 1 rings (SSSR count). The Bertz CT molecular complexity index is 443. The normalized spacial score (nSPS) is 12.8. The van der Waals surface area contributed by atoms with Gasteiger partial charge in [-0.2, -0.15) is 0 Å². The Hall–Kier alpha value is -1.56. The maximum atomic E-state index is 11.9. The van der Waals surface area contributed by atoms with Crippen molar-refractivity contribution in [2.75, 3.05) is 0 Å². The zero-order chi connectivity index (χ0) is 15.2. The van der Waals surface area contributed by atoms with Gasteiger partial charge < -0.3 is 15.7 Å². The van der Waals surface area contributed by atoms with Crippen LogP contribution in [0.15, 0.2) is 17.5 Å². The topological polar surface area (TPSA) is 78.4 Å². The molecule has 1 heterocycles. The Kier molecular flexibility index (Phi) is 6.01. The summed E-state index contributed by atoms with van der Waals surface area (Å²) in [7, 11) is 0. The van der Waals surface area contributed by atoms with Gasteiger partial charge in [0.05, 0.1) is 0 Å². The second-order valence-electron chi connectivity index (χ2n) is 5.56. The van der Waals surface area contributed by atoms with Crippen LogP contribution < -0.4 is 10.6 Å². The molecule has 5 nitrogen and oxygen atoms in total. The molecule has 1 unspecified atom stereocenters. The van der Waals surface area contributed by atoms with E-state index in [2.05, 4.69) is 10.6 Å². The largest absolute Gasteiger partial charge is 0.481 e. The summed E-state index contributed by atoms with van der Waals surface area (Å²) in [6, 6.07) is 3.80. The summed E-state index contributed by atoms with van der Waals surface area (Å²) in [5, 5.41) is 16.4. The van der Waals surface area contributed by atoms with E-state index in [9.17, 15) is 9.59 Å². The third-order valence-corrected chi connectivity index (χ3v) is 3.78. The number of hydrogen-bond donors (Lipinski definition) is 3. The van der Waals surface area contributed by atoms with Gasteiger partial charge in [0, 0.05) is 29.3 Å². The lowest BCUT2D eigenvalue weighted by Crippen LogP contribution is -2.50. The first-order valence-corrected chi connectivity index (χ1v) is 7.49. The first kappa shape index (κ1) is 16.5. The maximum absolute atomic E-state index is 11.9. The van der Waals surface area contributed by atoms with Crippen molar-refractivity contribution in [3.8, 4) is 0 Å². The standard InChI is InChI=1S/C14H22N2O3S/c1-10(9-11-5-4-8-20-11)15-13(19)16-14(2,3)7-6-12(17)18/h4-5,8,10H,6-7,9H2,1-3H3,(H,17,18)(H2,15,16,19). The molecular weight excluding hydrogens is 276 g/mol. The van der Waals surface area contributed by atoms with E-state index in [4.69, 9.17) is 5.11 Å². The van der Waals surface area contributed by atoms with Gasteiger partial charge in [0.1, 0.15) is 0 Å². The highest BCUT2D eigenvalue weighted by molar-refractivity contribution is 7.09. The molecule has 0 aromatic carbocycles. The number of thiophene rings is 1. The lowest BCUT2D eigenvalue weighted by atomic mass is 9.99. The van der Waals surface area contributed by atoms with Crippen molar-refractivity contribution in [1.29, 1.82) is 0 Å². The highest BCUT2D eigenvalue weighted by atomic mass is 32.1. The monoisotopic (exact) mass is 298 g/mol. The third-order valence-electron chi connectivity index (χ3n) is 2.88. The lowest BCUT2D eigenvalue weighted by Gasteiger charge is -2.26. The molecule has 6 heteroatoms. The number of carboxylic acid groups (broad SMARTS) is 1. The van der Waals surface area contributed by atoms with Crippen LogP contribution in [0.3, 0.4) is 0 Å². The zero-order valence-electron chi connectivity index (χ0n) is 12.1. The van der Waals surface area contributed by atoms with Gasteiger partial charge in [0.15, 0.2) is 0 Å². The number of hydrogen-bond acceptors (Lipinski definition) is 3. The number of urea groups is 1.